The van der Waals surface area contributed by atoms with Crippen LogP contribution in [0.1, 0.15) is 20.3 Å². The molecular formula is C14H21N7O. The summed E-state index contributed by atoms with van der Waals surface area (Å²) in [4.78, 5) is 24.8. The van der Waals surface area contributed by atoms with Gasteiger partial charge < -0.3 is 9.80 Å². The van der Waals surface area contributed by atoms with Gasteiger partial charge in [0.25, 0.3) is 0 Å². The minimum absolute atomic E-state index is 0.238. The number of rotatable bonds is 3. The number of fused-ring (bicyclic) bond motifs is 1. The first-order chi connectivity index (χ1) is 10.6. The molecule has 22 heavy (non-hydrogen) atoms. The molecule has 0 spiro atoms. The Kier molecular flexibility index (Phi) is 3.91. The van der Waals surface area contributed by atoms with E-state index in [4.69, 9.17) is 0 Å². The molecule has 0 aliphatic carbocycles. The Labute approximate surface area is 129 Å². The molecule has 1 saturated heterocycles. The molecule has 0 saturated carbocycles. The first kappa shape index (κ1) is 14.7. The minimum Gasteiger partial charge on any atom is -0.351 e. The Balaban J connectivity index is 1.72. The molecule has 8 nitrogen and oxygen atoms in total. The molecule has 0 bridgehead atoms. The molecule has 1 aliphatic rings. The van der Waals surface area contributed by atoms with Crippen molar-refractivity contribution in [2.45, 2.75) is 20.3 Å². The summed E-state index contributed by atoms with van der Waals surface area (Å²) >= 11 is 0. The largest absolute Gasteiger partial charge is 0.351 e. The monoisotopic (exact) mass is 303 g/mol. The summed E-state index contributed by atoms with van der Waals surface area (Å²) in [6, 6.07) is 0. The van der Waals surface area contributed by atoms with E-state index in [-0.39, 0.29) is 5.91 Å². The Hall–Kier alpha value is -2.25. The lowest BCUT2D eigenvalue weighted by atomic mass is 10.1. The molecule has 8 heteroatoms. The molecule has 0 unspecified atom stereocenters. The van der Waals surface area contributed by atoms with E-state index in [9.17, 15) is 4.79 Å². The van der Waals surface area contributed by atoms with Crippen LogP contribution in [0.25, 0.3) is 11.2 Å². The van der Waals surface area contributed by atoms with E-state index in [0.29, 0.717) is 17.9 Å². The second kappa shape index (κ2) is 5.86. The Morgan fingerprint density at radius 3 is 2.64 bits per heavy atom. The number of hydrogen-bond acceptors (Lipinski definition) is 6. The van der Waals surface area contributed by atoms with Crippen LogP contribution in [0, 0.1) is 5.92 Å². The first-order valence-corrected chi connectivity index (χ1v) is 7.59. The summed E-state index contributed by atoms with van der Waals surface area (Å²) < 4.78 is 1.64. The van der Waals surface area contributed by atoms with Gasteiger partial charge in [-0.05, 0) is 5.92 Å². The maximum Gasteiger partial charge on any atom is 0.222 e. The number of piperazine rings is 1. The summed E-state index contributed by atoms with van der Waals surface area (Å²) in [7, 11) is 1.81. The van der Waals surface area contributed by atoms with Crippen LogP contribution in [0.4, 0.5) is 5.82 Å². The van der Waals surface area contributed by atoms with E-state index in [1.165, 1.54) is 6.33 Å². The van der Waals surface area contributed by atoms with Gasteiger partial charge >= 0.3 is 0 Å². The zero-order chi connectivity index (χ0) is 15.7. The Bertz CT molecular complexity index is 673. The van der Waals surface area contributed by atoms with Crippen molar-refractivity contribution in [1.29, 1.82) is 0 Å². The van der Waals surface area contributed by atoms with Crippen molar-refractivity contribution < 1.29 is 4.79 Å². The number of carbonyl (C=O) groups is 1. The summed E-state index contributed by atoms with van der Waals surface area (Å²) in [5, 5.41) is 8.15. The zero-order valence-electron chi connectivity index (χ0n) is 13.2. The van der Waals surface area contributed by atoms with Gasteiger partial charge in [0.05, 0.1) is 0 Å². The van der Waals surface area contributed by atoms with Gasteiger partial charge in [0.2, 0.25) is 5.91 Å². The maximum absolute atomic E-state index is 12.1. The smallest absolute Gasteiger partial charge is 0.222 e. The van der Waals surface area contributed by atoms with Gasteiger partial charge in [-0.2, -0.15) is 0 Å². The third kappa shape index (κ3) is 2.72. The highest BCUT2D eigenvalue weighted by molar-refractivity contribution is 5.83. The molecule has 1 fully saturated rings. The summed E-state index contributed by atoms with van der Waals surface area (Å²) in [5.41, 5.74) is 1.44. The third-order valence-electron chi connectivity index (χ3n) is 3.88. The fraction of sp³-hybridized carbons (Fsp3) is 0.643. The number of aryl methyl sites for hydroxylation is 1. The van der Waals surface area contributed by atoms with Gasteiger partial charge in [0, 0.05) is 39.6 Å². The molecule has 118 valence electrons. The third-order valence-corrected chi connectivity index (χ3v) is 3.88. The number of amides is 1. The first-order valence-electron chi connectivity index (χ1n) is 7.59. The molecule has 1 amide bonds. The molecule has 3 heterocycles. The highest BCUT2D eigenvalue weighted by Crippen LogP contribution is 2.21. The minimum atomic E-state index is 0.238. The highest BCUT2D eigenvalue weighted by Gasteiger charge is 2.24. The number of carbonyl (C=O) groups excluding carboxylic acids is 1. The van der Waals surface area contributed by atoms with Gasteiger partial charge in [-0.25, -0.2) is 14.6 Å². The predicted octanol–water partition coefficient (Wildman–Crippen LogP) is 0.453. The van der Waals surface area contributed by atoms with Crippen LogP contribution < -0.4 is 4.90 Å². The number of nitrogens with zero attached hydrogens (tertiary/aromatic N) is 7. The molecule has 0 atom stereocenters. The highest BCUT2D eigenvalue weighted by atomic mass is 16.2. The van der Waals surface area contributed by atoms with Crippen molar-refractivity contribution in [2.24, 2.45) is 13.0 Å². The summed E-state index contributed by atoms with van der Waals surface area (Å²) in [5.74, 6) is 1.43. The van der Waals surface area contributed by atoms with Gasteiger partial charge in [0.15, 0.2) is 17.0 Å². The van der Waals surface area contributed by atoms with Crippen LogP contribution >= 0.6 is 0 Å². The topological polar surface area (TPSA) is 80.0 Å². The fourth-order valence-corrected chi connectivity index (χ4v) is 2.72. The number of aromatic nitrogens is 5. The van der Waals surface area contributed by atoms with E-state index in [1.54, 1.807) is 4.68 Å². The Morgan fingerprint density at radius 1 is 1.23 bits per heavy atom. The maximum atomic E-state index is 12.1. The van der Waals surface area contributed by atoms with Crippen molar-refractivity contribution in [1.82, 2.24) is 29.9 Å². The van der Waals surface area contributed by atoms with Crippen molar-refractivity contribution in [3.05, 3.63) is 6.33 Å². The van der Waals surface area contributed by atoms with Crippen molar-refractivity contribution in [3.63, 3.8) is 0 Å². The molecular weight excluding hydrogens is 282 g/mol. The van der Waals surface area contributed by atoms with Crippen LogP contribution in [0.5, 0.6) is 0 Å². The summed E-state index contributed by atoms with van der Waals surface area (Å²) in [6.45, 7) is 7.09. The van der Waals surface area contributed by atoms with Crippen LogP contribution in [0.3, 0.4) is 0 Å². The van der Waals surface area contributed by atoms with E-state index < -0.39 is 0 Å². The lowest BCUT2D eigenvalue weighted by molar-refractivity contribution is -0.132. The van der Waals surface area contributed by atoms with E-state index in [1.807, 2.05) is 11.9 Å². The molecule has 2 aromatic heterocycles. The Morgan fingerprint density at radius 2 is 1.95 bits per heavy atom. The van der Waals surface area contributed by atoms with E-state index in [2.05, 4.69) is 39.0 Å². The average Bonchev–Trinajstić information content (AvgIpc) is 2.88. The van der Waals surface area contributed by atoms with E-state index >= 15 is 0 Å². The molecule has 0 N–H and O–H groups in total. The molecule has 3 rings (SSSR count). The van der Waals surface area contributed by atoms with Gasteiger partial charge in [-0.3, -0.25) is 4.79 Å². The van der Waals surface area contributed by atoms with Gasteiger partial charge in [0.1, 0.15) is 6.33 Å². The zero-order valence-corrected chi connectivity index (χ0v) is 13.2. The van der Waals surface area contributed by atoms with Crippen LogP contribution in [0.2, 0.25) is 0 Å². The predicted molar refractivity (Wildman–Crippen MR) is 82.3 cm³/mol. The van der Waals surface area contributed by atoms with Crippen LogP contribution in [-0.4, -0.2) is 61.9 Å². The van der Waals surface area contributed by atoms with Crippen molar-refractivity contribution >= 4 is 22.9 Å². The molecule has 0 aromatic carbocycles. The van der Waals surface area contributed by atoms with Gasteiger partial charge in [-0.1, -0.05) is 19.1 Å². The second-order valence-corrected chi connectivity index (χ2v) is 6.05. The van der Waals surface area contributed by atoms with Crippen LogP contribution in [-0.2, 0) is 11.8 Å². The molecule has 0 radical (unpaired) electrons. The SMILES string of the molecule is CC(C)CC(=O)N1CCN(c2ncnc3c2nnn3C)CC1. The average molecular weight is 303 g/mol. The fourth-order valence-electron chi connectivity index (χ4n) is 2.72. The second-order valence-electron chi connectivity index (χ2n) is 6.05. The lowest BCUT2D eigenvalue weighted by Crippen LogP contribution is -2.49. The number of anilines is 1. The van der Waals surface area contributed by atoms with Crippen molar-refractivity contribution in [3.8, 4) is 0 Å². The van der Waals surface area contributed by atoms with Crippen LogP contribution in [0.15, 0.2) is 6.33 Å². The number of hydrogen-bond donors (Lipinski definition) is 0. The molecule has 2 aromatic rings. The normalized spacial score (nSPS) is 15.8. The standard InChI is InChI=1S/C14H21N7O/c1-10(2)8-11(22)20-4-6-21(7-5-20)14-12-13(15-9-16-14)19(3)18-17-12/h9-10H,4-8H2,1-3H3. The quantitative estimate of drug-likeness (QED) is 0.819. The van der Waals surface area contributed by atoms with Crippen molar-refractivity contribution in [2.75, 3.05) is 31.1 Å². The summed E-state index contributed by atoms with van der Waals surface area (Å²) in [6.07, 6.45) is 2.15. The van der Waals surface area contributed by atoms with Gasteiger partial charge in [-0.15, -0.1) is 5.10 Å². The lowest BCUT2D eigenvalue weighted by Gasteiger charge is -2.35. The van der Waals surface area contributed by atoms with E-state index in [0.717, 1.165) is 37.6 Å². The molecule has 1 aliphatic heterocycles.